The van der Waals surface area contributed by atoms with Crippen molar-refractivity contribution in [3.05, 3.63) is 99.0 Å². The number of benzene rings is 3. The SMILES string of the molecule is Cc1ccc(C2=NN3[C@@H](C2)c2ccccc2O[C@H]3c2ccc(Cl)cc2Cl)cc1. The van der Waals surface area contributed by atoms with E-state index < -0.39 is 6.23 Å². The molecule has 2 aliphatic heterocycles. The van der Waals surface area contributed by atoms with Crippen LogP contribution in [0.5, 0.6) is 5.75 Å². The number of rotatable bonds is 2. The molecule has 0 unspecified atom stereocenters. The van der Waals surface area contributed by atoms with Gasteiger partial charge in [0.25, 0.3) is 0 Å². The number of halogens is 2. The van der Waals surface area contributed by atoms with Crippen LogP contribution >= 0.6 is 23.2 Å². The van der Waals surface area contributed by atoms with Gasteiger partial charge in [0.2, 0.25) is 6.23 Å². The van der Waals surface area contributed by atoms with E-state index in [1.165, 1.54) is 5.56 Å². The first-order valence-electron chi connectivity index (χ1n) is 9.23. The van der Waals surface area contributed by atoms with E-state index in [9.17, 15) is 0 Å². The minimum absolute atomic E-state index is 0.109. The molecule has 0 aliphatic carbocycles. The molecule has 2 aliphatic rings. The Morgan fingerprint density at radius 2 is 1.75 bits per heavy atom. The molecule has 0 spiro atoms. The molecule has 2 heterocycles. The molecular weight excluding hydrogens is 391 g/mol. The highest BCUT2D eigenvalue weighted by Crippen LogP contribution is 2.48. The lowest BCUT2D eigenvalue weighted by atomic mass is 9.95. The van der Waals surface area contributed by atoms with E-state index in [0.29, 0.717) is 10.0 Å². The summed E-state index contributed by atoms with van der Waals surface area (Å²) in [5.74, 6) is 0.875. The first kappa shape index (κ1) is 17.6. The number of para-hydroxylation sites is 1. The first-order chi connectivity index (χ1) is 13.6. The Kier molecular flexibility index (Phi) is 4.30. The molecule has 0 aromatic heterocycles. The van der Waals surface area contributed by atoms with Gasteiger partial charge in [0.1, 0.15) is 5.75 Å². The van der Waals surface area contributed by atoms with Gasteiger partial charge in [0, 0.05) is 22.6 Å². The number of ether oxygens (including phenoxy) is 1. The van der Waals surface area contributed by atoms with Gasteiger partial charge >= 0.3 is 0 Å². The topological polar surface area (TPSA) is 24.8 Å². The molecule has 0 amide bonds. The van der Waals surface area contributed by atoms with E-state index in [0.717, 1.165) is 34.6 Å². The minimum Gasteiger partial charge on any atom is -0.464 e. The minimum atomic E-state index is -0.396. The predicted molar refractivity (Wildman–Crippen MR) is 113 cm³/mol. The monoisotopic (exact) mass is 408 g/mol. The second kappa shape index (κ2) is 6.84. The summed E-state index contributed by atoms with van der Waals surface area (Å²) in [4.78, 5) is 0. The maximum atomic E-state index is 6.51. The first-order valence-corrected chi connectivity index (χ1v) is 9.99. The lowest BCUT2D eigenvalue weighted by Crippen LogP contribution is -2.33. The van der Waals surface area contributed by atoms with Crippen LogP contribution in [0.25, 0.3) is 0 Å². The van der Waals surface area contributed by atoms with Crippen LogP contribution in [-0.2, 0) is 0 Å². The summed E-state index contributed by atoms with van der Waals surface area (Å²) >= 11 is 12.6. The van der Waals surface area contributed by atoms with Gasteiger partial charge in [-0.2, -0.15) is 5.10 Å². The summed E-state index contributed by atoms with van der Waals surface area (Å²) in [5.41, 5.74) is 5.44. The van der Waals surface area contributed by atoms with Crippen molar-refractivity contribution in [3.63, 3.8) is 0 Å². The average molecular weight is 409 g/mol. The lowest BCUT2D eigenvalue weighted by Gasteiger charge is -2.38. The molecule has 0 radical (unpaired) electrons. The van der Waals surface area contributed by atoms with E-state index in [1.54, 1.807) is 6.07 Å². The van der Waals surface area contributed by atoms with Gasteiger partial charge in [-0.25, -0.2) is 5.01 Å². The van der Waals surface area contributed by atoms with Crippen LogP contribution in [0.2, 0.25) is 10.0 Å². The van der Waals surface area contributed by atoms with E-state index >= 15 is 0 Å². The normalized spacial score (nSPS) is 20.2. The number of aryl methyl sites for hydroxylation is 1. The Labute approximate surface area is 174 Å². The second-order valence-electron chi connectivity index (χ2n) is 7.19. The van der Waals surface area contributed by atoms with Crippen molar-refractivity contribution < 1.29 is 4.74 Å². The highest BCUT2D eigenvalue weighted by molar-refractivity contribution is 6.35. The number of hydrazone groups is 1. The summed E-state index contributed by atoms with van der Waals surface area (Å²) in [7, 11) is 0. The smallest absolute Gasteiger partial charge is 0.215 e. The zero-order valence-corrected chi connectivity index (χ0v) is 16.8. The van der Waals surface area contributed by atoms with Crippen LogP contribution in [0.4, 0.5) is 0 Å². The molecule has 3 aromatic rings. The summed E-state index contributed by atoms with van der Waals surface area (Å²) < 4.78 is 6.35. The Hall–Kier alpha value is -2.49. The van der Waals surface area contributed by atoms with Gasteiger partial charge in [0.15, 0.2) is 0 Å². The predicted octanol–water partition coefficient (Wildman–Crippen LogP) is 6.54. The van der Waals surface area contributed by atoms with Crippen molar-refractivity contribution in [3.8, 4) is 5.75 Å². The molecular formula is C23H18Cl2N2O. The summed E-state index contributed by atoms with van der Waals surface area (Å²) in [5, 5.41) is 8.18. The van der Waals surface area contributed by atoms with Crippen LogP contribution in [-0.4, -0.2) is 10.7 Å². The third kappa shape index (κ3) is 2.95. The van der Waals surface area contributed by atoms with Crippen molar-refractivity contribution in [1.82, 2.24) is 5.01 Å². The molecule has 0 bridgehead atoms. The fourth-order valence-electron chi connectivity index (χ4n) is 3.86. The van der Waals surface area contributed by atoms with E-state index in [4.69, 9.17) is 33.0 Å². The van der Waals surface area contributed by atoms with Crippen molar-refractivity contribution in [1.29, 1.82) is 0 Å². The van der Waals surface area contributed by atoms with Crippen molar-refractivity contribution in [2.24, 2.45) is 5.10 Å². The molecule has 5 rings (SSSR count). The van der Waals surface area contributed by atoms with Crippen LogP contribution in [0.1, 0.15) is 40.9 Å². The van der Waals surface area contributed by atoms with Crippen molar-refractivity contribution in [2.75, 3.05) is 0 Å². The molecule has 5 heteroatoms. The van der Waals surface area contributed by atoms with Gasteiger partial charge in [-0.05, 0) is 30.7 Å². The standard InChI is InChI=1S/C23H18Cl2N2O/c1-14-6-8-15(9-7-14)20-13-21-18-4-2-3-5-22(18)28-23(27(21)26-20)17-11-10-16(24)12-19(17)25/h2-12,21,23H,13H2,1H3/t21-,23-/m0/s1. The van der Waals surface area contributed by atoms with Crippen LogP contribution in [0.15, 0.2) is 71.8 Å². The molecule has 28 heavy (non-hydrogen) atoms. The Balaban J connectivity index is 1.61. The summed E-state index contributed by atoms with van der Waals surface area (Å²) in [6.45, 7) is 2.09. The fraction of sp³-hybridized carbons (Fsp3) is 0.174. The van der Waals surface area contributed by atoms with E-state index in [-0.39, 0.29) is 6.04 Å². The van der Waals surface area contributed by atoms with Crippen LogP contribution in [0, 0.1) is 6.92 Å². The van der Waals surface area contributed by atoms with Gasteiger partial charge in [0.05, 0.1) is 16.8 Å². The molecule has 0 N–H and O–H groups in total. The van der Waals surface area contributed by atoms with Gasteiger partial charge in [-0.15, -0.1) is 0 Å². The zero-order chi connectivity index (χ0) is 19.3. The van der Waals surface area contributed by atoms with Gasteiger partial charge in [-0.1, -0.05) is 77.3 Å². The number of hydrogen-bond acceptors (Lipinski definition) is 3. The highest BCUT2D eigenvalue weighted by Gasteiger charge is 2.41. The Bertz CT molecular complexity index is 1080. The molecule has 3 nitrogen and oxygen atoms in total. The Morgan fingerprint density at radius 3 is 2.54 bits per heavy atom. The fourth-order valence-corrected chi connectivity index (χ4v) is 4.36. The third-order valence-electron chi connectivity index (χ3n) is 5.31. The largest absolute Gasteiger partial charge is 0.464 e. The van der Waals surface area contributed by atoms with E-state index in [1.807, 2.05) is 35.3 Å². The molecule has 0 saturated heterocycles. The number of hydrogen-bond donors (Lipinski definition) is 0. The lowest BCUT2D eigenvalue weighted by molar-refractivity contribution is -0.0189. The number of fused-ring (bicyclic) bond motifs is 3. The molecule has 3 aromatic carbocycles. The van der Waals surface area contributed by atoms with Crippen LogP contribution in [0.3, 0.4) is 0 Å². The molecule has 0 fully saturated rings. The van der Waals surface area contributed by atoms with Gasteiger partial charge in [-0.3, -0.25) is 0 Å². The summed E-state index contributed by atoms with van der Waals surface area (Å²) in [6, 6.07) is 22.3. The molecule has 0 saturated carbocycles. The van der Waals surface area contributed by atoms with Crippen LogP contribution < -0.4 is 4.74 Å². The third-order valence-corrected chi connectivity index (χ3v) is 5.87. The molecule has 140 valence electrons. The summed E-state index contributed by atoms with van der Waals surface area (Å²) in [6.07, 6.45) is 0.429. The zero-order valence-electron chi connectivity index (χ0n) is 15.3. The maximum Gasteiger partial charge on any atom is 0.215 e. The molecule has 2 atom stereocenters. The van der Waals surface area contributed by atoms with Crippen molar-refractivity contribution in [2.45, 2.75) is 25.6 Å². The van der Waals surface area contributed by atoms with E-state index in [2.05, 4.69) is 37.3 Å². The maximum absolute atomic E-state index is 6.51. The Morgan fingerprint density at radius 1 is 0.964 bits per heavy atom. The average Bonchev–Trinajstić information content (AvgIpc) is 3.14. The highest BCUT2D eigenvalue weighted by atomic mass is 35.5. The quantitative estimate of drug-likeness (QED) is 0.480. The second-order valence-corrected chi connectivity index (χ2v) is 8.03. The van der Waals surface area contributed by atoms with Gasteiger partial charge < -0.3 is 4.74 Å². The van der Waals surface area contributed by atoms with Crippen molar-refractivity contribution >= 4 is 28.9 Å². The number of nitrogens with zero attached hydrogens (tertiary/aromatic N) is 2.